The molecule has 8 nitrogen and oxygen atoms in total. The van der Waals surface area contributed by atoms with Crippen LogP contribution in [0.1, 0.15) is 34.2 Å². The molecule has 1 aromatic heterocycles. The number of amides is 1. The second-order valence-electron chi connectivity index (χ2n) is 7.46. The maximum atomic E-state index is 11.5. The van der Waals surface area contributed by atoms with Crippen LogP contribution in [-0.2, 0) is 40.9 Å². The van der Waals surface area contributed by atoms with Gasteiger partial charge in [0.1, 0.15) is 0 Å². The van der Waals surface area contributed by atoms with E-state index in [9.17, 15) is 9.00 Å². The molecule has 0 aliphatic carbocycles. The lowest BCUT2D eigenvalue weighted by molar-refractivity contribution is -0.114. The Kier molecular flexibility index (Phi) is 8.70. The number of carbonyl (C=O) groups is 1. The predicted molar refractivity (Wildman–Crippen MR) is 135 cm³/mol. The van der Waals surface area contributed by atoms with Crippen molar-refractivity contribution in [2.45, 2.75) is 31.9 Å². The van der Waals surface area contributed by atoms with E-state index in [4.69, 9.17) is 10.3 Å². The molecule has 0 saturated carbocycles. The standard InChI is InChI=1S/C23H27N5O3S2/c1-15(29)26-23-28-20(12-9-16-7-10-19(11-8-16)27-22(24)25-2)21(32-23)13-17-3-5-18(6-4-17)14-33(30)31/h3-8,10-11H,9,12-14H2,1-2H3,(H,30,31)(H3,24,25,27)(H,26,28,29). The summed E-state index contributed by atoms with van der Waals surface area (Å²) in [6, 6.07) is 15.6. The summed E-state index contributed by atoms with van der Waals surface area (Å²) in [6.45, 7) is 1.47. The van der Waals surface area contributed by atoms with Crippen LogP contribution in [0.4, 0.5) is 10.8 Å². The highest BCUT2D eigenvalue weighted by atomic mass is 32.2. The number of nitrogens with zero attached hydrogens (tertiary/aromatic N) is 2. The number of nitrogens with one attached hydrogen (secondary N) is 2. The molecule has 0 aliphatic heterocycles. The first-order valence-corrected chi connectivity index (χ1v) is 12.4. The third-order valence-corrected chi connectivity index (χ3v) is 6.45. The number of nitrogens with two attached hydrogens (primary N) is 1. The molecule has 1 atom stereocenters. The zero-order chi connectivity index (χ0) is 23.8. The first-order valence-electron chi connectivity index (χ1n) is 10.3. The zero-order valence-electron chi connectivity index (χ0n) is 18.5. The Balaban J connectivity index is 1.72. The summed E-state index contributed by atoms with van der Waals surface area (Å²) in [4.78, 5) is 21.1. The molecule has 3 rings (SSSR count). The molecule has 10 heteroatoms. The smallest absolute Gasteiger partial charge is 0.223 e. The molecule has 0 saturated heterocycles. The summed E-state index contributed by atoms with van der Waals surface area (Å²) in [5, 5.41) is 6.39. The quantitative estimate of drug-likeness (QED) is 0.208. The predicted octanol–water partition coefficient (Wildman–Crippen LogP) is 3.56. The SMILES string of the molecule is CN=C(N)Nc1ccc(CCc2nc(NC(C)=O)sc2Cc2ccc(CS(=O)O)cc2)cc1. The third-order valence-electron chi connectivity index (χ3n) is 4.86. The van der Waals surface area contributed by atoms with E-state index in [1.54, 1.807) is 7.05 Å². The number of carbonyl (C=O) groups excluding carboxylic acids is 1. The fourth-order valence-corrected chi connectivity index (χ4v) is 4.79. The van der Waals surface area contributed by atoms with Gasteiger partial charge in [0.15, 0.2) is 22.2 Å². The van der Waals surface area contributed by atoms with Crippen LogP contribution in [0.15, 0.2) is 53.5 Å². The zero-order valence-corrected chi connectivity index (χ0v) is 20.1. The van der Waals surface area contributed by atoms with Crippen molar-refractivity contribution in [1.29, 1.82) is 0 Å². The number of hydrogen-bond donors (Lipinski definition) is 4. The van der Waals surface area contributed by atoms with Gasteiger partial charge in [-0.3, -0.25) is 9.79 Å². The molecule has 0 radical (unpaired) electrons. The second-order valence-corrected chi connectivity index (χ2v) is 9.48. The molecule has 3 aromatic rings. The number of guanidine groups is 1. The molecular formula is C23H27N5O3S2. The van der Waals surface area contributed by atoms with Gasteiger partial charge in [-0.2, -0.15) is 0 Å². The molecule has 2 aromatic carbocycles. The van der Waals surface area contributed by atoms with Crippen molar-refractivity contribution in [3.8, 4) is 0 Å². The average Bonchev–Trinajstić information content (AvgIpc) is 3.14. The van der Waals surface area contributed by atoms with Crippen molar-refractivity contribution < 1.29 is 13.6 Å². The van der Waals surface area contributed by atoms with Crippen molar-refractivity contribution in [3.05, 3.63) is 75.8 Å². The molecule has 1 amide bonds. The molecule has 5 N–H and O–H groups in total. The fourth-order valence-electron chi connectivity index (χ4n) is 3.22. The van der Waals surface area contributed by atoms with Crippen LogP contribution in [0.25, 0.3) is 0 Å². The van der Waals surface area contributed by atoms with Gasteiger partial charge in [0.2, 0.25) is 5.91 Å². The minimum atomic E-state index is -1.86. The number of aromatic nitrogens is 1. The van der Waals surface area contributed by atoms with Crippen molar-refractivity contribution >= 4 is 45.1 Å². The monoisotopic (exact) mass is 485 g/mol. The first-order chi connectivity index (χ1) is 15.8. The summed E-state index contributed by atoms with van der Waals surface area (Å²) >= 11 is -0.382. The third kappa shape index (κ3) is 7.77. The normalized spacial score (nSPS) is 12.4. The largest absolute Gasteiger partial charge is 0.370 e. The lowest BCUT2D eigenvalue weighted by Gasteiger charge is -2.07. The molecule has 0 bridgehead atoms. The molecule has 0 spiro atoms. The Morgan fingerprint density at radius 3 is 2.30 bits per heavy atom. The minimum absolute atomic E-state index is 0.116. The Hall–Kier alpha value is -3.08. The summed E-state index contributed by atoms with van der Waals surface area (Å²) in [7, 11) is 1.63. The lowest BCUT2D eigenvalue weighted by Crippen LogP contribution is -2.21. The average molecular weight is 486 g/mol. The fraction of sp³-hybridized carbons (Fsp3) is 0.261. The van der Waals surface area contributed by atoms with E-state index in [0.29, 0.717) is 17.5 Å². The molecule has 0 fully saturated rings. The molecule has 0 aliphatic rings. The highest BCUT2D eigenvalue weighted by Crippen LogP contribution is 2.27. The number of aliphatic imine (C=N–C) groups is 1. The Labute approximate surface area is 199 Å². The van der Waals surface area contributed by atoms with E-state index < -0.39 is 11.1 Å². The van der Waals surface area contributed by atoms with Crippen molar-refractivity contribution in [2.75, 3.05) is 17.7 Å². The number of hydrogen-bond acceptors (Lipinski definition) is 5. The van der Waals surface area contributed by atoms with Gasteiger partial charge in [-0.15, -0.1) is 11.3 Å². The van der Waals surface area contributed by atoms with E-state index in [-0.39, 0.29) is 11.7 Å². The molecular weight excluding hydrogens is 458 g/mol. The topological polar surface area (TPSA) is 130 Å². The van der Waals surface area contributed by atoms with Crippen molar-refractivity contribution in [3.63, 3.8) is 0 Å². The first kappa shape index (κ1) is 24.6. The van der Waals surface area contributed by atoms with E-state index in [2.05, 4.69) is 20.6 Å². The van der Waals surface area contributed by atoms with Crippen LogP contribution in [0.2, 0.25) is 0 Å². The Morgan fingerprint density at radius 2 is 1.70 bits per heavy atom. The number of thiazole rings is 1. The molecule has 1 unspecified atom stereocenters. The van der Waals surface area contributed by atoms with Gasteiger partial charge in [-0.25, -0.2) is 9.19 Å². The number of rotatable bonds is 9. The maximum Gasteiger partial charge on any atom is 0.223 e. The maximum absolute atomic E-state index is 11.5. The number of benzene rings is 2. The van der Waals surface area contributed by atoms with Crippen LogP contribution in [-0.4, -0.2) is 32.7 Å². The van der Waals surface area contributed by atoms with Crippen LogP contribution < -0.4 is 16.4 Å². The van der Waals surface area contributed by atoms with Gasteiger partial charge in [0, 0.05) is 31.0 Å². The number of aryl methyl sites for hydroxylation is 2. The number of anilines is 2. The van der Waals surface area contributed by atoms with Gasteiger partial charge in [-0.1, -0.05) is 36.4 Å². The minimum Gasteiger partial charge on any atom is -0.370 e. The lowest BCUT2D eigenvalue weighted by atomic mass is 10.0. The van der Waals surface area contributed by atoms with Crippen LogP contribution in [0.5, 0.6) is 0 Å². The second kappa shape index (κ2) is 11.7. The van der Waals surface area contributed by atoms with E-state index in [0.717, 1.165) is 45.8 Å². The van der Waals surface area contributed by atoms with Crippen molar-refractivity contribution in [1.82, 2.24) is 4.98 Å². The summed E-state index contributed by atoms with van der Waals surface area (Å²) < 4.78 is 20.1. The van der Waals surface area contributed by atoms with Gasteiger partial charge in [0.05, 0.1) is 11.4 Å². The van der Waals surface area contributed by atoms with Crippen LogP contribution in [0.3, 0.4) is 0 Å². The van der Waals surface area contributed by atoms with E-state index in [1.807, 2.05) is 48.5 Å². The molecule has 33 heavy (non-hydrogen) atoms. The van der Waals surface area contributed by atoms with E-state index in [1.165, 1.54) is 18.3 Å². The van der Waals surface area contributed by atoms with Gasteiger partial charge in [0.25, 0.3) is 0 Å². The molecule has 1 heterocycles. The van der Waals surface area contributed by atoms with Crippen molar-refractivity contribution in [2.24, 2.45) is 10.7 Å². The van der Waals surface area contributed by atoms with Gasteiger partial charge in [-0.05, 0) is 41.7 Å². The molecule has 174 valence electrons. The van der Waals surface area contributed by atoms with Crippen LogP contribution in [0, 0.1) is 0 Å². The Bertz CT molecular complexity index is 1140. The summed E-state index contributed by atoms with van der Waals surface area (Å²) in [6.07, 6.45) is 2.21. The highest BCUT2D eigenvalue weighted by Gasteiger charge is 2.13. The van der Waals surface area contributed by atoms with Gasteiger partial charge < -0.3 is 20.9 Å². The summed E-state index contributed by atoms with van der Waals surface area (Å²) in [5.74, 6) is 0.324. The summed E-state index contributed by atoms with van der Waals surface area (Å²) in [5.41, 5.74) is 10.6. The highest BCUT2D eigenvalue weighted by molar-refractivity contribution is 7.78. The van der Waals surface area contributed by atoms with Gasteiger partial charge >= 0.3 is 0 Å². The van der Waals surface area contributed by atoms with E-state index >= 15 is 0 Å². The Morgan fingerprint density at radius 1 is 1.06 bits per heavy atom. The van der Waals surface area contributed by atoms with Crippen LogP contribution >= 0.6 is 11.3 Å².